The first-order chi connectivity index (χ1) is 14.3. The number of nitriles is 1. The number of hydrogen-bond acceptors (Lipinski definition) is 7. The summed E-state index contributed by atoms with van der Waals surface area (Å²) < 4.78 is 36.9. The van der Waals surface area contributed by atoms with Crippen molar-refractivity contribution < 1.29 is 27.5 Å². The van der Waals surface area contributed by atoms with E-state index in [1.807, 2.05) is 6.07 Å². The molecule has 1 atom stereocenters. The van der Waals surface area contributed by atoms with Crippen LogP contribution in [0.4, 0.5) is 5.69 Å². The Labute approximate surface area is 174 Å². The highest BCUT2D eigenvalue weighted by Crippen LogP contribution is 2.16. The van der Waals surface area contributed by atoms with Crippen LogP contribution in [0.15, 0.2) is 59.5 Å². The standard InChI is InChI=1S/C20H21N3O6S/c1-15(22-30(26,27)18-10-8-17(28-2)9-11-18)20(25)29-14-19(24)23(13-12-21)16-6-4-3-5-7-16/h3-11,15,22H,13-14H2,1-2H3. The Kier molecular flexibility index (Phi) is 7.91. The lowest BCUT2D eigenvalue weighted by Gasteiger charge is -2.20. The number of amides is 1. The van der Waals surface area contributed by atoms with Crippen LogP contribution >= 0.6 is 0 Å². The third-order valence-electron chi connectivity index (χ3n) is 3.99. The van der Waals surface area contributed by atoms with Crippen molar-refractivity contribution in [2.24, 2.45) is 0 Å². The molecule has 0 aliphatic carbocycles. The van der Waals surface area contributed by atoms with Crippen molar-refractivity contribution >= 4 is 27.6 Å². The Morgan fingerprint density at radius 1 is 1.13 bits per heavy atom. The molecule has 9 nitrogen and oxygen atoms in total. The summed E-state index contributed by atoms with van der Waals surface area (Å²) in [5.74, 6) is -1.05. The Balaban J connectivity index is 1.97. The third kappa shape index (κ3) is 6.04. The number of rotatable bonds is 9. The van der Waals surface area contributed by atoms with E-state index in [1.54, 1.807) is 30.3 Å². The molecule has 0 fully saturated rings. The van der Waals surface area contributed by atoms with E-state index in [2.05, 4.69) is 4.72 Å². The maximum absolute atomic E-state index is 12.4. The first-order valence-corrected chi connectivity index (χ1v) is 10.3. The molecule has 0 aliphatic heterocycles. The molecule has 2 aromatic rings. The molecule has 0 spiro atoms. The zero-order chi connectivity index (χ0) is 22.1. The van der Waals surface area contributed by atoms with Crippen molar-refractivity contribution in [2.45, 2.75) is 17.9 Å². The number of sulfonamides is 1. The predicted octanol–water partition coefficient (Wildman–Crippen LogP) is 1.46. The molecule has 0 saturated carbocycles. The second kappa shape index (κ2) is 10.4. The summed E-state index contributed by atoms with van der Waals surface area (Å²) in [5, 5.41) is 8.95. The molecule has 0 bridgehead atoms. The van der Waals surface area contributed by atoms with Gasteiger partial charge in [-0.1, -0.05) is 18.2 Å². The summed E-state index contributed by atoms with van der Waals surface area (Å²) in [4.78, 5) is 25.7. The Morgan fingerprint density at radius 2 is 1.77 bits per heavy atom. The van der Waals surface area contributed by atoms with Crippen LogP contribution in [0.5, 0.6) is 5.75 Å². The second-order valence-corrected chi connectivity index (χ2v) is 7.81. The van der Waals surface area contributed by atoms with Crippen LogP contribution in [-0.4, -0.2) is 46.6 Å². The lowest BCUT2D eigenvalue weighted by molar-refractivity contribution is -0.149. The first kappa shape index (κ1) is 22.9. The number of para-hydroxylation sites is 1. The second-order valence-electron chi connectivity index (χ2n) is 6.10. The molecule has 158 valence electrons. The van der Waals surface area contributed by atoms with Gasteiger partial charge in [0, 0.05) is 5.69 Å². The van der Waals surface area contributed by atoms with Gasteiger partial charge in [-0.2, -0.15) is 9.98 Å². The van der Waals surface area contributed by atoms with Crippen molar-refractivity contribution in [1.29, 1.82) is 5.26 Å². The fourth-order valence-corrected chi connectivity index (χ4v) is 3.63. The van der Waals surface area contributed by atoms with E-state index in [4.69, 9.17) is 14.7 Å². The SMILES string of the molecule is COc1ccc(S(=O)(=O)NC(C)C(=O)OCC(=O)N(CC#N)c2ccccc2)cc1. The minimum atomic E-state index is -3.98. The van der Waals surface area contributed by atoms with Crippen LogP contribution in [0.1, 0.15) is 6.92 Å². The number of carbonyl (C=O) groups excluding carboxylic acids is 2. The predicted molar refractivity (Wildman–Crippen MR) is 108 cm³/mol. The molecule has 30 heavy (non-hydrogen) atoms. The van der Waals surface area contributed by atoms with Gasteiger partial charge in [-0.25, -0.2) is 8.42 Å². The number of nitrogens with zero attached hydrogens (tertiary/aromatic N) is 2. The van der Waals surface area contributed by atoms with Crippen molar-refractivity contribution in [3.63, 3.8) is 0 Å². The Bertz CT molecular complexity index is 1020. The van der Waals surface area contributed by atoms with Crippen molar-refractivity contribution in [2.75, 3.05) is 25.2 Å². The molecule has 0 radical (unpaired) electrons. The number of carbonyl (C=O) groups is 2. The van der Waals surface area contributed by atoms with Gasteiger partial charge in [0.25, 0.3) is 5.91 Å². The average molecular weight is 431 g/mol. The van der Waals surface area contributed by atoms with E-state index in [-0.39, 0.29) is 11.4 Å². The molecule has 10 heteroatoms. The maximum Gasteiger partial charge on any atom is 0.324 e. The molecule has 1 unspecified atom stereocenters. The largest absolute Gasteiger partial charge is 0.497 e. The summed E-state index contributed by atoms with van der Waals surface area (Å²) in [6, 6.07) is 14.7. The number of nitrogens with one attached hydrogen (secondary N) is 1. The van der Waals surface area contributed by atoms with E-state index in [0.29, 0.717) is 11.4 Å². The highest BCUT2D eigenvalue weighted by Gasteiger charge is 2.25. The average Bonchev–Trinajstić information content (AvgIpc) is 2.75. The smallest absolute Gasteiger partial charge is 0.324 e. The minimum absolute atomic E-state index is 0.0525. The van der Waals surface area contributed by atoms with Gasteiger partial charge >= 0.3 is 5.97 Å². The fourth-order valence-electron chi connectivity index (χ4n) is 2.44. The summed E-state index contributed by atoms with van der Waals surface area (Å²) in [5.41, 5.74) is 0.480. The van der Waals surface area contributed by atoms with Crippen LogP contribution < -0.4 is 14.4 Å². The molecule has 1 N–H and O–H groups in total. The number of anilines is 1. The van der Waals surface area contributed by atoms with Gasteiger partial charge in [0.1, 0.15) is 18.3 Å². The van der Waals surface area contributed by atoms with Crippen molar-refractivity contribution in [3.8, 4) is 11.8 Å². The van der Waals surface area contributed by atoms with Crippen molar-refractivity contribution in [3.05, 3.63) is 54.6 Å². The highest BCUT2D eigenvalue weighted by molar-refractivity contribution is 7.89. The summed E-state index contributed by atoms with van der Waals surface area (Å²) >= 11 is 0. The van der Waals surface area contributed by atoms with Gasteiger partial charge in [0.05, 0.1) is 18.1 Å². The lowest BCUT2D eigenvalue weighted by atomic mass is 10.3. The molecule has 1 amide bonds. The van der Waals surface area contributed by atoms with Crippen LogP contribution in [0, 0.1) is 11.3 Å². The minimum Gasteiger partial charge on any atom is -0.497 e. The molecule has 0 aliphatic rings. The van der Waals surface area contributed by atoms with Crippen LogP contribution in [-0.2, 0) is 24.3 Å². The van der Waals surface area contributed by atoms with Crippen LogP contribution in [0.25, 0.3) is 0 Å². The molecule has 0 saturated heterocycles. The molecule has 0 heterocycles. The zero-order valence-corrected chi connectivity index (χ0v) is 17.3. The third-order valence-corrected chi connectivity index (χ3v) is 5.55. The normalized spacial score (nSPS) is 11.8. The number of esters is 1. The van der Waals surface area contributed by atoms with Crippen LogP contribution in [0.2, 0.25) is 0 Å². The Hall–Kier alpha value is -3.42. The first-order valence-electron chi connectivity index (χ1n) is 8.84. The summed E-state index contributed by atoms with van der Waals surface area (Å²) in [7, 11) is -2.53. The van der Waals surface area contributed by atoms with Gasteiger partial charge < -0.3 is 9.47 Å². The number of benzene rings is 2. The van der Waals surface area contributed by atoms with Crippen LogP contribution in [0.3, 0.4) is 0 Å². The monoisotopic (exact) mass is 431 g/mol. The topological polar surface area (TPSA) is 126 Å². The van der Waals surface area contributed by atoms with Crippen molar-refractivity contribution in [1.82, 2.24) is 4.72 Å². The number of ether oxygens (including phenoxy) is 2. The van der Waals surface area contributed by atoms with E-state index < -0.39 is 34.5 Å². The van der Waals surface area contributed by atoms with Gasteiger partial charge in [-0.05, 0) is 43.3 Å². The molecule has 0 aromatic heterocycles. The Morgan fingerprint density at radius 3 is 2.33 bits per heavy atom. The van der Waals surface area contributed by atoms with Gasteiger partial charge in [-0.3, -0.25) is 14.5 Å². The van der Waals surface area contributed by atoms with E-state index in [1.165, 1.54) is 43.2 Å². The van der Waals surface area contributed by atoms with E-state index in [9.17, 15) is 18.0 Å². The molecular formula is C20H21N3O6S. The molecule has 2 rings (SSSR count). The fraction of sp³-hybridized carbons (Fsp3) is 0.250. The highest BCUT2D eigenvalue weighted by atomic mass is 32.2. The zero-order valence-electron chi connectivity index (χ0n) is 16.4. The van der Waals surface area contributed by atoms with E-state index >= 15 is 0 Å². The van der Waals surface area contributed by atoms with Gasteiger partial charge in [0.15, 0.2) is 6.61 Å². The number of methoxy groups -OCH3 is 1. The maximum atomic E-state index is 12.4. The molecular weight excluding hydrogens is 410 g/mol. The van der Waals surface area contributed by atoms with Gasteiger partial charge in [0.2, 0.25) is 10.0 Å². The number of hydrogen-bond donors (Lipinski definition) is 1. The van der Waals surface area contributed by atoms with E-state index in [0.717, 1.165) is 0 Å². The summed E-state index contributed by atoms with van der Waals surface area (Å²) in [6.45, 7) is 0.447. The lowest BCUT2D eigenvalue weighted by Crippen LogP contribution is -2.41. The summed E-state index contributed by atoms with van der Waals surface area (Å²) in [6.07, 6.45) is 0. The molecule has 2 aromatic carbocycles. The quantitative estimate of drug-likeness (QED) is 0.470. The van der Waals surface area contributed by atoms with Gasteiger partial charge in [-0.15, -0.1) is 0 Å².